The van der Waals surface area contributed by atoms with Crippen molar-refractivity contribution in [3.05, 3.63) is 23.8 Å². The van der Waals surface area contributed by atoms with E-state index >= 15 is 0 Å². The maximum atomic E-state index is 6.03. The molecule has 0 amide bonds. The third kappa shape index (κ3) is 3.93. The molecule has 3 nitrogen and oxygen atoms in total. The number of anilines is 1. The molecule has 0 bridgehead atoms. The summed E-state index contributed by atoms with van der Waals surface area (Å²) in [6, 6.07) is 6.60. The first-order valence-electron chi connectivity index (χ1n) is 7.92. The number of nitrogens with two attached hydrogens (primary N) is 1. The van der Waals surface area contributed by atoms with E-state index in [2.05, 4.69) is 55.7 Å². The van der Waals surface area contributed by atoms with Gasteiger partial charge in [0.2, 0.25) is 0 Å². The van der Waals surface area contributed by atoms with Gasteiger partial charge in [0.25, 0.3) is 0 Å². The third-order valence-corrected chi connectivity index (χ3v) is 5.16. The quantitative estimate of drug-likeness (QED) is 0.866. The fraction of sp³-hybridized carbons (Fsp3) is 0.647. The number of piperazine rings is 1. The lowest BCUT2D eigenvalue weighted by molar-refractivity contribution is 0.128. The Morgan fingerprint density at radius 2 is 1.81 bits per heavy atom. The summed E-state index contributed by atoms with van der Waals surface area (Å²) in [4.78, 5) is 6.41. The molecule has 0 aromatic heterocycles. The lowest BCUT2D eigenvalue weighted by Gasteiger charge is -2.43. The van der Waals surface area contributed by atoms with E-state index in [4.69, 9.17) is 5.73 Å². The van der Waals surface area contributed by atoms with Gasteiger partial charge < -0.3 is 10.6 Å². The average molecular weight is 308 g/mol. The summed E-state index contributed by atoms with van der Waals surface area (Å²) in [5, 5.41) is 0. The molecule has 4 heteroatoms. The fourth-order valence-corrected chi connectivity index (χ4v) is 3.81. The monoisotopic (exact) mass is 307 g/mol. The number of thioether (sulfide) groups is 1. The van der Waals surface area contributed by atoms with Crippen molar-refractivity contribution in [3.8, 4) is 0 Å². The number of rotatable bonds is 4. The molecule has 1 fully saturated rings. The molecule has 1 aromatic carbocycles. The van der Waals surface area contributed by atoms with E-state index in [1.165, 1.54) is 16.1 Å². The van der Waals surface area contributed by atoms with Crippen molar-refractivity contribution in [1.29, 1.82) is 0 Å². The molecule has 0 aliphatic carbocycles. The number of benzene rings is 1. The molecular formula is C17H29N3S. The van der Waals surface area contributed by atoms with Crippen LogP contribution in [0, 0.1) is 0 Å². The van der Waals surface area contributed by atoms with Crippen molar-refractivity contribution in [2.45, 2.75) is 44.7 Å². The minimum atomic E-state index is 0.267. The van der Waals surface area contributed by atoms with Crippen LogP contribution in [0.3, 0.4) is 0 Å². The molecule has 1 heterocycles. The van der Waals surface area contributed by atoms with Gasteiger partial charge in [-0.25, -0.2) is 0 Å². The number of nitrogens with zero attached hydrogens (tertiary/aromatic N) is 2. The molecule has 0 unspecified atom stereocenters. The van der Waals surface area contributed by atoms with E-state index < -0.39 is 0 Å². The van der Waals surface area contributed by atoms with Crippen LogP contribution in [0.25, 0.3) is 0 Å². The molecule has 2 N–H and O–H groups in total. The second-order valence-corrected chi connectivity index (χ2v) is 7.84. The van der Waals surface area contributed by atoms with Gasteiger partial charge in [0.05, 0.1) is 0 Å². The standard InChI is InChI=1S/C17H29N3S/c1-5-21-16-8-6-7-15(14(16)13-18)19-9-11-20(12-10-19)17(2,3)4/h6-8H,5,9-13,18H2,1-4H3. The molecule has 118 valence electrons. The molecule has 1 aliphatic heterocycles. The molecule has 0 spiro atoms. The lowest BCUT2D eigenvalue weighted by atomic mass is 10.0. The summed E-state index contributed by atoms with van der Waals surface area (Å²) < 4.78 is 0. The summed E-state index contributed by atoms with van der Waals surface area (Å²) >= 11 is 1.89. The first-order chi connectivity index (χ1) is 9.97. The van der Waals surface area contributed by atoms with Gasteiger partial charge in [-0.15, -0.1) is 11.8 Å². The average Bonchev–Trinajstić information content (AvgIpc) is 2.46. The Morgan fingerprint density at radius 3 is 2.33 bits per heavy atom. The summed E-state index contributed by atoms with van der Waals surface area (Å²) in [6.07, 6.45) is 0. The second-order valence-electron chi connectivity index (χ2n) is 6.54. The maximum absolute atomic E-state index is 6.03. The van der Waals surface area contributed by atoms with Crippen LogP contribution in [0.2, 0.25) is 0 Å². The predicted octanol–water partition coefficient (Wildman–Crippen LogP) is 3.18. The Morgan fingerprint density at radius 1 is 1.14 bits per heavy atom. The molecule has 1 aliphatic rings. The van der Waals surface area contributed by atoms with E-state index in [1.54, 1.807) is 0 Å². The molecule has 0 saturated carbocycles. The van der Waals surface area contributed by atoms with Gasteiger partial charge in [0.1, 0.15) is 0 Å². The van der Waals surface area contributed by atoms with Gasteiger partial charge in [0.15, 0.2) is 0 Å². The van der Waals surface area contributed by atoms with Gasteiger partial charge in [-0.3, -0.25) is 4.90 Å². The van der Waals surface area contributed by atoms with Gasteiger partial charge >= 0.3 is 0 Å². The van der Waals surface area contributed by atoms with E-state index in [0.29, 0.717) is 6.54 Å². The number of hydrogen-bond donors (Lipinski definition) is 1. The Labute approximate surface area is 133 Å². The molecule has 1 saturated heterocycles. The summed E-state index contributed by atoms with van der Waals surface area (Å²) in [5.74, 6) is 1.09. The summed E-state index contributed by atoms with van der Waals surface area (Å²) in [7, 11) is 0. The minimum absolute atomic E-state index is 0.267. The van der Waals surface area contributed by atoms with Crippen LogP contribution in [0.4, 0.5) is 5.69 Å². The zero-order valence-corrected chi connectivity index (χ0v) is 14.7. The summed E-state index contributed by atoms with van der Waals surface area (Å²) in [5.41, 5.74) is 8.95. The topological polar surface area (TPSA) is 32.5 Å². The Kier molecular flexibility index (Phi) is 5.58. The zero-order chi connectivity index (χ0) is 15.5. The van der Waals surface area contributed by atoms with Crippen LogP contribution < -0.4 is 10.6 Å². The van der Waals surface area contributed by atoms with Crippen LogP contribution in [-0.4, -0.2) is 42.4 Å². The summed E-state index contributed by atoms with van der Waals surface area (Å²) in [6.45, 7) is 14.1. The predicted molar refractivity (Wildman–Crippen MR) is 94.3 cm³/mol. The number of hydrogen-bond acceptors (Lipinski definition) is 4. The lowest BCUT2D eigenvalue weighted by Crippen LogP contribution is -2.53. The minimum Gasteiger partial charge on any atom is -0.369 e. The van der Waals surface area contributed by atoms with Crippen molar-refractivity contribution in [2.24, 2.45) is 5.73 Å². The van der Waals surface area contributed by atoms with Crippen LogP contribution in [0.15, 0.2) is 23.1 Å². The first kappa shape index (κ1) is 16.7. The third-order valence-electron chi connectivity index (χ3n) is 4.18. The van der Waals surface area contributed by atoms with Crippen molar-refractivity contribution in [1.82, 2.24) is 4.90 Å². The van der Waals surface area contributed by atoms with Gasteiger partial charge in [-0.1, -0.05) is 13.0 Å². The van der Waals surface area contributed by atoms with Gasteiger partial charge in [-0.2, -0.15) is 0 Å². The van der Waals surface area contributed by atoms with Gasteiger partial charge in [0, 0.05) is 54.4 Å². The van der Waals surface area contributed by atoms with Crippen molar-refractivity contribution >= 4 is 17.4 Å². The molecule has 21 heavy (non-hydrogen) atoms. The molecule has 0 atom stereocenters. The van der Waals surface area contributed by atoms with Crippen LogP contribution >= 0.6 is 11.8 Å². The van der Waals surface area contributed by atoms with E-state index in [-0.39, 0.29) is 5.54 Å². The smallest absolute Gasteiger partial charge is 0.0423 e. The first-order valence-corrected chi connectivity index (χ1v) is 8.90. The highest BCUT2D eigenvalue weighted by Crippen LogP contribution is 2.31. The Balaban J connectivity index is 2.15. The zero-order valence-electron chi connectivity index (χ0n) is 13.9. The van der Waals surface area contributed by atoms with Crippen LogP contribution in [-0.2, 0) is 6.54 Å². The van der Waals surface area contributed by atoms with E-state index in [1.807, 2.05) is 11.8 Å². The second kappa shape index (κ2) is 7.03. The highest BCUT2D eigenvalue weighted by atomic mass is 32.2. The van der Waals surface area contributed by atoms with Crippen LogP contribution in [0.1, 0.15) is 33.3 Å². The molecule has 0 radical (unpaired) electrons. The van der Waals surface area contributed by atoms with Crippen molar-refractivity contribution in [2.75, 3.05) is 36.8 Å². The fourth-order valence-electron chi connectivity index (χ4n) is 2.96. The maximum Gasteiger partial charge on any atom is 0.0423 e. The Bertz CT molecular complexity index is 460. The van der Waals surface area contributed by atoms with Crippen molar-refractivity contribution < 1.29 is 0 Å². The van der Waals surface area contributed by atoms with E-state index in [0.717, 1.165) is 31.9 Å². The highest BCUT2D eigenvalue weighted by Gasteiger charge is 2.26. The van der Waals surface area contributed by atoms with E-state index in [9.17, 15) is 0 Å². The SMILES string of the molecule is CCSc1cccc(N2CCN(C(C)(C)C)CC2)c1CN. The Hall–Kier alpha value is -0.710. The molecular weight excluding hydrogens is 278 g/mol. The highest BCUT2D eigenvalue weighted by molar-refractivity contribution is 7.99. The van der Waals surface area contributed by atoms with Gasteiger partial charge in [-0.05, 0) is 38.7 Å². The normalized spacial score (nSPS) is 17.3. The van der Waals surface area contributed by atoms with Crippen molar-refractivity contribution in [3.63, 3.8) is 0 Å². The molecule has 1 aromatic rings. The van der Waals surface area contributed by atoms with Crippen LogP contribution in [0.5, 0.6) is 0 Å². The molecule has 2 rings (SSSR count). The largest absolute Gasteiger partial charge is 0.369 e.